The quantitative estimate of drug-likeness (QED) is 0.890. The average Bonchev–Trinajstić information content (AvgIpc) is 3.02. The second-order valence-corrected chi connectivity index (χ2v) is 4.54. The van der Waals surface area contributed by atoms with E-state index in [9.17, 15) is 4.79 Å². The summed E-state index contributed by atoms with van der Waals surface area (Å²) in [6.07, 6.45) is 6.24. The van der Waals surface area contributed by atoms with Crippen LogP contribution in [0, 0.1) is 0 Å². The largest absolute Gasteiger partial charge is 0.472 e. The molecule has 0 saturated carbocycles. The third-order valence-corrected chi connectivity index (χ3v) is 3.40. The molecule has 0 saturated heterocycles. The van der Waals surface area contributed by atoms with Gasteiger partial charge in [-0.2, -0.15) is 5.10 Å². The zero-order valence-corrected chi connectivity index (χ0v) is 10.3. The molecule has 0 unspecified atom stereocenters. The molecule has 0 fully saturated rings. The molecule has 1 amide bonds. The van der Waals surface area contributed by atoms with Gasteiger partial charge in [-0.1, -0.05) is 0 Å². The van der Waals surface area contributed by atoms with Gasteiger partial charge < -0.3 is 9.73 Å². The second-order valence-electron chi connectivity index (χ2n) is 4.54. The lowest BCUT2D eigenvalue weighted by molar-refractivity contribution is 0.0949. The summed E-state index contributed by atoms with van der Waals surface area (Å²) in [5, 5.41) is 7.38. The zero-order chi connectivity index (χ0) is 12.5. The number of fused-ring (bicyclic) bond motifs is 1. The van der Waals surface area contributed by atoms with Crippen LogP contribution < -0.4 is 5.32 Å². The molecule has 1 aliphatic carbocycles. The minimum absolute atomic E-state index is 0.114. The Morgan fingerprint density at radius 1 is 1.56 bits per heavy atom. The Morgan fingerprint density at radius 2 is 2.44 bits per heavy atom. The number of carbonyl (C=O) groups excluding carboxylic acids is 1. The van der Waals surface area contributed by atoms with E-state index in [1.54, 1.807) is 6.07 Å². The number of aryl methyl sites for hydroxylation is 2. The normalized spacial score (nSPS) is 13.6. The molecule has 0 aromatic carbocycles. The van der Waals surface area contributed by atoms with E-state index in [1.807, 2.05) is 11.7 Å². The van der Waals surface area contributed by atoms with Crippen molar-refractivity contribution < 1.29 is 9.21 Å². The van der Waals surface area contributed by atoms with Gasteiger partial charge in [-0.15, -0.1) is 0 Å². The fraction of sp³-hybridized carbons (Fsp3) is 0.385. The smallest absolute Gasteiger partial charge is 0.254 e. The third kappa shape index (κ3) is 1.81. The summed E-state index contributed by atoms with van der Waals surface area (Å²) in [5.74, 6) is -0.114. The number of hydrogen-bond acceptors (Lipinski definition) is 3. The summed E-state index contributed by atoms with van der Waals surface area (Å²) in [6.45, 7) is 0.517. The van der Waals surface area contributed by atoms with E-state index in [0.29, 0.717) is 12.1 Å². The van der Waals surface area contributed by atoms with Gasteiger partial charge in [0.15, 0.2) is 0 Å². The molecule has 0 radical (unpaired) electrons. The standard InChI is InChI=1S/C13H15N3O2/c1-16-12(10-3-2-4-11(10)15-16)7-14-13(17)9-5-6-18-8-9/h5-6,8H,2-4,7H2,1H3,(H,14,17). The number of nitrogens with one attached hydrogen (secondary N) is 1. The van der Waals surface area contributed by atoms with Crippen LogP contribution in [0.25, 0.3) is 0 Å². The van der Waals surface area contributed by atoms with Crippen molar-refractivity contribution in [1.29, 1.82) is 0 Å². The molecule has 1 aliphatic rings. The maximum absolute atomic E-state index is 11.8. The SMILES string of the molecule is Cn1nc2c(c1CNC(=O)c1ccoc1)CCC2. The van der Waals surface area contributed by atoms with Crippen molar-refractivity contribution in [3.8, 4) is 0 Å². The predicted octanol–water partition coefficient (Wildman–Crippen LogP) is 1.43. The predicted molar refractivity (Wildman–Crippen MR) is 65.1 cm³/mol. The van der Waals surface area contributed by atoms with Crippen molar-refractivity contribution in [2.45, 2.75) is 25.8 Å². The molecule has 0 aliphatic heterocycles. The highest BCUT2D eigenvalue weighted by Crippen LogP contribution is 2.24. The van der Waals surface area contributed by atoms with Gasteiger partial charge in [-0.05, 0) is 30.9 Å². The summed E-state index contributed by atoms with van der Waals surface area (Å²) in [5.41, 5.74) is 4.16. The highest BCUT2D eigenvalue weighted by Gasteiger charge is 2.21. The first-order valence-corrected chi connectivity index (χ1v) is 6.09. The molecule has 2 aromatic heterocycles. The number of carbonyl (C=O) groups is 1. The number of aromatic nitrogens is 2. The molecule has 1 N–H and O–H groups in total. The van der Waals surface area contributed by atoms with Gasteiger partial charge in [0.1, 0.15) is 6.26 Å². The van der Waals surface area contributed by atoms with Crippen LogP contribution in [0.15, 0.2) is 23.0 Å². The Morgan fingerprint density at radius 3 is 3.22 bits per heavy atom. The number of furan rings is 1. The van der Waals surface area contributed by atoms with E-state index in [4.69, 9.17) is 4.42 Å². The highest BCUT2D eigenvalue weighted by molar-refractivity contribution is 5.93. The van der Waals surface area contributed by atoms with Crippen molar-refractivity contribution in [1.82, 2.24) is 15.1 Å². The molecule has 3 rings (SSSR count). The number of nitrogens with zero attached hydrogens (tertiary/aromatic N) is 2. The van der Waals surface area contributed by atoms with Gasteiger partial charge in [0.25, 0.3) is 5.91 Å². The van der Waals surface area contributed by atoms with E-state index in [0.717, 1.165) is 18.5 Å². The minimum atomic E-state index is -0.114. The Balaban J connectivity index is 1.72. The van der Waals surface area contributed by atoms with Gasteiger partial charge in [0.05, 0.1) is 29.8 Å². The maximum Gasteiger partial charge on any atom is 0.254 e. The van der Waals surface area contributed by atoms with Crippen LogP contribution in [0.1, 0.15) is 33.7 Å². The Labute approximate surface area is 105 Å². The first-order chi connectivity index (χ1) is 8.75. The van der Waals surface area contributed by atoms with Crippen molar-refractivity contribution in [2.75, 3.05) is 0 Å². The van der Waals surface area contributed by atoms with E-state index in [-0.39, 0.29) is 5.91 Å². The van der Waals surface area contributed by atoms with Crippen LogP contribution in [-0.4, -0.2) is 15.7 Å². The van der Waals surface area contributed by atoms with E-state index < -0.39 is 0 Å². The monoisotopic (exact) mass is 245 g/mol. The van der Waals surface area contributed by atoms with Crippen molar-refractivity contribution in [3.63, 3.8) is 0 Å². The summed E-state index contributed by atoms with van der Waals surface area (Å²) in [6, 6.07) is 1.66. The van der Waals surface area contributed by atoms with Gasteiger partial charge in [-0.3, -0.25) is 9.48 Å². The summed E-state index contributed by atoms with van der Waals surface area (Å²) < 4.78 is 6.77. The van der Waals surface area contributed by atoms with Crippen molar-refractivity contribution in [3.05, 3.63) is 41.1 Å². The number of hydrogen-bond donors (Lipinski definition) is 1. The van der Waals surface area contributed by atoms with Gasteiger partial charge >= 0.3 is 0 Å². The molecule has 5 nitrogen and oxygen atoms in total. The lowest BCUT2D eigenvalue weighted by Gasteiger charge is -2.06. The first-order valence-electron chi connectivity index (χ1n) is 6.09. The highest BCUT2D eigenvalue weighted by atomic mass is 16.3. The van der Waals surface area contributed by atoms with Crippen LogP contribution in [0.2, 0.25) is 0 Å². The molecular formula is C13H15N3O2. The Hall–Kier alpha value is -2.04. The van der Waals surface area contributed by atoms with E-state index in [1.165, 1.54) is 30.2 Å². The van der Waals surface area contributed by atoms with Gasteiger partial charge in [0, 0.05) is 7.05 Å². The maximum atomic E-state index is 11.8. The van der Waals surface area contributed by atoms with E-state index >= 15 is 0 Å². The molecule has 2 aromatic rings. The van der Waals surface area contributed by atoms with Crippen LogP contribution in [-0.2, 0) is 26.4 Å². The molecule has 94 valence electrons. The van der Waals surface area contributed by atoms with Crippen LogP contribution in [0.4, 0.5) is 0 Å². The van der Waals surface area contributed by atoms with Crippen molar-refractivity contribution in [2.24, 2.45) is 7.05 Å². The van der Waals surface area contributed by atoms with Gasteiger partial charge in [0.2, 0.25) is 0 Å². The zero-order valence-electron chi connectivity index (χ0n) is 10.3. The average molecular weight is 245 g/mol. The topological polar surface area (TPSA) is 60.1 Å². The summed E-state index contributed by atoms with van der Waals surface area (Å²) in [7, 11) is 1.93. The fourth-order valence-electron chi connectivity index (χ4n) is 2.47. The molecule has 2 heterocycles. The lowest BCUT2D eigenvalue weighted by Crippen LogP contribution is -2.24. The molecule has 0 atom stereocenters. The first kappa shape index (κ1) is 11.1. The molecule has 5 heteroatoms. The molecule has 18 heavy (non-hydrogen) atoms. The molecular weight excluding hydrogens is 230 g/mol. The van der Waals surface area contributed by atoms with Crippen LogP contribution in [0.5, 0.6) is 0 Å². The lowest BCUT2D eigenvalue weighted by atomic mass is 10.2. The molecule has 0 bridgehead atoms. The summed E-state index contributed by atoms with van der Waals surface area (Å²) >= 11 is 0. The Kier molecular flexibility index (Phi) is 2.66. The third-order valence-electron chi connectivity index (χ3n) is 3.40. The number of rotatable bonds is 3. The fourth-order valence-corrected chi connectivity index (χ4v) is 2.47. The second kappa shape index (κ2) is 4.33. The summed E-state index contributed by atoms with van der Waals surface area (Å²) in [4.78, 5) is 11.8. The number of amides is 1. The Bertz CT molecular complexity index is 569. The van der Waals surface area contributed by atoms with Crippen molar-refractivity contribution >= 4 is 5.91 Å². The minimum Gasteiger partial charge on any atom is -0.472 e. The van der Waals surface area contributed by atoms with Crippen LogP contribution >= 0.6 is 0 Å². The van der Waals surface area contributed by atoms with Crippen LogP contribution in [0.3, 0.4) is 0 Å². The van der Waals surface area contributed by atoms with E-state index in [2.05, 4.69) is 10.4 Å². The van der Waals surface area contributed by atoms with Gasteiger partial charge in [-0.25, -0.2) is 0 Å². The molecule has 0 spiro atoms.